The van der Waals surface area contributed by atoms with Crippen LogP contribution in [0.15, 0.2) is 12.2 Å². The van der Waals surface area contributed by atoms with Crippen molar-refractivity contribution in [3.8, 4) is 0 Å². The van der Waals surface area contributed by atoms with Crippen molar-refractivity contribution in [2.75, 3.05) is 26.4 Å². The highest BCUT2D eigenvalue weighted by molar-refractivity contribution is 5.77. The molecule has 3 aliphatic heterocycles. The van der Waals surface area contributed by atoms with E-state index in [9.17, 15) is 75.7 Å². The number of rotatable bonds is 76. The first kappa shape index (κ1) is 105. The van der Waals surface area contributed by atoms with Gasteiger partial charge in [-0.3, -0.25) is 9.59 Å². The number of aliphatic carboxylic acids is 1. The molecule has 0 aromatic carbocycles. The highest BCUT2D eigenvalue weighted by atomic mass is 16.8. The van der Waals surface area contributed by atoms with Crippen LogP contribution in [0.5, 0.6) is 0 Å². The number of hydrogen-bond acceptors (Lipinski definition) is 20. The number of hydrogen-bond donors (Lipinski definition) is 14. The Bertz CT molecular complexity index is 2280. The van der Waals surface area contributed by atoms with Crippen molar-refractivity contribution in [3.05, 3.63) is 12.2 Å². The number of ether oxygens (including phenoxy) is 6. The Kier molecular flexibility index (Phi) is 63.1. The zero-order valence-corrected chi connectivity index (χ0v) is 71.3. The largest absolute Gasteiger partial charge is 0.477 e. The van der Waals surface area contributed by atoms with Gasteiger partial charge in [-0.1, -0.05) is 379 Å². The molecule has 3 aliphatic rings. The lowest BCUT2D eigenvalue weighted by molar-refractivity contribution is -0.386. The number of carboxylic acid groups (broad SMARTS) is 1. The number of carbonyl (C=O) groups excluding carboxylic acids is 2. The molecule has 0 aromatic rings. The molecule has 2 amide bonds. The summed E-state index contributed by atoms with van der Waals surface area (Å²) in [5.74, 6) is -6.13. The van der Waals surface area contributed by atoms with Gasteiger partial charge in [0.1, 0.15) is 67.1 Å². The summed E-state index contributed by atoms with van der Waals surface area (Å²) in [6, 6.07) is -2.62. The molecule has 0 saturated carbocycles. The molecular formula is C90H170N2O21. The third-order valence-electron chi connectivity index (χ3n) is 23.7. The molecule has 0 aliphatic carbocycles. The molecule has 3 fully saturated rings. The summed E-state index contributed by atoms with van der Waals surface area (Å²) in [6.45, 7) is 2.22. The molecule has 666 valence electrons. The van der Waals surface area contributed by atoms with Crippen LogP contribution in [0.4, 0.5) is 0 Å². The van der Waals surface area contributed by atoms with Gasteiger partial charge in [-0.15, -0.1) is 0 Å². The maximum atomic E-state index is 13.6. The number of carbonyl (C=O) groups is 3. The number of amides is 2. The van der Waals surface area contributed by atoms with Crippen molar-refractivity contribution in [2.45, 2.75) is 516 Å². The third kappa shape index (κ3) is 46.7. The Morgan fingerprint density at radius 1 is 0.460 bits per heavy atom. The van der Waals surface area contributed by atoms with E-state index in [1.807, 2.05) is 6.08 Å². The number of unbranched alkanes of at least 4 members (excludes halogenated alkanes) is 56. The topological polar surface area (TPSA) is 373 Å². The van der Waals surface area contributed by atoms with Gasteiger partial charge in [0.05, 0.1) is 50.7 Å². The molecule has 0 spiro atoms. The molecule has 0 radical (unpaired) electrons. The fourth-order valence-corrected chi connectivity index (χ4v) is 16.4. The molecule has 23 heteroatoms. The quantitative estimate of drug-likeness (QED) is 0.0199. The molecule has 14 N–H and O–H groups in total. The second-order valence-corrected chi connectivity index (χ2v) is 33.9. The maximum absolute atomic E-state index is 13.6. The molecule has 3 saturated heterocycles. The molecule has 3 heterocycles. The van der Waals surface area contributed by atoms with E-state index >= 15 is 0 Å². The van der Waals surface area contributed by atoms with Gasteiger partial charge >= 0.3 is 5.97 Å². The SMILES string of the molecule is CCCCCCCCCCCCCCCCCCCCCC/C=C/C(O)C(COC1OC(CO)C(OC2OC(CO)C(O)C(OC3(C(=O)O)CC(O)C(NC(C)=O)C(C(O)C(O)CO)O3)C2O)C(O)C1O)NC(=O)CCCCCCCCCCCCCCCCCCCCCCCCCCCCCCCCCCCCCCC. The number of allylic oxidation sites excluding steroid dienone is 1. The van der Waals surface area contributed by atoms with Crippen LogP contribution >= 0.6 is 0 Å². The van der Waals surface area contributed by atoms with Crippen molar-refractivity contribution < 1.29 is 104 Å². The van der Waals surface area contributed by atoms with Gasteiger partial charge < -0.3 is 100 Å². The maximum Gasteiger partial charge on any atom is 0.364 e. The van der Waals surface area contributed by atoms with Gasteiger partial charge in [-0.25, -0.2) is 4.79 Å². The average Bonchev–Trinajstić information content (AvgIpc) is 0.755. The minimum Gasteiger partial charge on any atom is -0.477 e. The van der Waals surface area contributed by atoms with Crippen LogP contribution in [0, 0.1) is 0 Å². The molecule has 0 bridgehead atoms. The van der Waals surface area contributed by atoms with E-state index in [-0.39, 0.29) is 12.3 Å². The van der Waals surface area contributed by atoms with E-state index < -0.39 is 155 Å². The number of carboxylic acids is 1. The second kappa shape index (κ2) is 68.2. The summed E-state index contributed by atoms with van der Waals surface area (Å²) in [4.78, 5) is 38.8. The summed E-state index contributed by atoms with van der Waals surface area (Å²) in [6.07, 6.45) is 49.9. The number of aliphatic hydroxyl groups is 11. The van der Waals surface area contributed by atoms with Gasteiger partial charge in [-0.2, -0.15) is 0 Å². The summed E-state index contributed by atoms with van der Waals surface area (Å²) in [5.41, 5.74) is 0. The van der Waals surface area contributed by atoms with Crippen LogP contribution in [0.25, 0.3) is 0 Å². The zero-order chi connectivity index (χ0) is 82.4. The summed E-state index contributed by atoms with van der Waals surface area (Å²) in [7, 11) is 0. The van der Waals surface area contributed by atoms with E-state index in [1.54, 1.807) is 6.08 Å². The van der Waals surface area contributed by atoms with Crippen molar-refractivity contribution in [1.29, 1.82) is 0 Å². The molecule has 3 rings (SSSR count). The lowest BCUT2D eigenvalue weighted by Crippen LogP contribution is -2.70. The van der Waals surface area contributed by atoms with Crippen LogP contribution in [-0.2, 0) is 42.8 Å². The molecule has 0 aromatic heterocycles. The molecule has 18 unspecified atom stereocenters. The lowest BCUT2D eigenvalue weighted by atomic mass is 9.88. The molecule has 113 heavy (non-hydrogen) atoms. The molecule has 18 atom stereocenters. The van der Waals surface area contributed by atoms with E-state index in [1.165, 1.54) is 315 Å². The van der Waals surface area contributed by atoms with Crippen molar-refractivity contribution in [2.24, 2.45) is 0 Å². The Hall–Kier alpha value is -2.53. The standard InChI is InChI=1S/C90H170N2O21/c1-4-6-8-10-12-14-16-18-20-22-24-26-28-29-30-31-32-33-34-35-36-37-38-39-40-41-42-44-46-48-50-52-54-56-58-60-62-64-77(100)92-71(72(97)63-61-59-57-55-53-51-49-47-45-43-27-25-23-21-19-17-15-13-11-9-7-5-2)69-108-87-82(104)81(103)84(76(68-95)110-87)111-88-83(105)86(80(102)75(67-94)109-88)113-90(89(106)107)65-73(98)78(91-70(3)96)85(112-90)79(101)74(99)66-93/h61,63,71-76,78-88,93-95,97-99,101-105H,4-60,62,64-69H2,1-3H3,(H,91,96)(H,92,100)(H,106,107)/b63-61+. The Balaban J connectivity index is 1.41. The smallest absolute Gasteiger partial charge is 0.364 e. The van der Waals surface area contributed by atoms with Crippen LogP contribution in [0.3, 0.4) is 0 Å². The van der Waals surface area contributed by atoms with Crippen molar-refractivity contribution >= 4 is 17.8 Å². The Morgan fingerprint density at radius 2 is 0.823 bits per heavy atom. The fraction of sp³-hybridized carbons (Fsp3) is 0.944. The first-order valence-electron chi connectivity index (χ1n) is 46.6. The Labute approximate surface area is 683 Å². The average molecular weight is 1620 g/mol. The third-order valence-corrected chi connectivity index (χ3v) is 23.7. The van der Waals surface area contributed by atoms with Crippen LogP contribution in [0.1, 0.15) is 406 Å². The summed E-state index contributed by atoms with van der Waals surface area (Å²) < 4.78 is 35.0. The van der Waals surface area contributed by atoms with E-state index in [0.717, 1.165) is 51.9 Å². The van der Waals surface area contributed by atoms with Gasteiger partial charge in [0.15, 0.2) is 12.6 Å². The van der Waals surface area contributed by atoms with Gasteiger partial charge in [0.2, 0.25) is 11.8 Å². The van der Waals surface area contributed by atoms with Crippen LogP contribution in [-0.4, -0.2) is 215 Å². The minimum absolute atomic E-state index is 0.206. The monoisotopic (exact) mass is 1620 g/mol. The van der Waals surface area contributed by atoms with Gasteiger partial charge in [0, 0.05) is 19.8 Å². The van der Waals surface area contributed by atoms with E-state index in [4.69, 9.17) is 28.4 Å². The predicted octanol–water partition coefficient (Wildman–Crippen LogP) is 15.3. The predicted molar refractivity (Wildman–Crippen MR) is 445 cm³/mol. The Morgan fingerprint density at radius 3 is 1.18 bits per heavy atom. The first-order valence-corrected chi connectivity index (χ1v) is 46.6. The molecule has 23 nitrogen and oxygen atoms in total. The minimum atomic E-state index is -3.08. The summed E-state index contributed by atoms with van der Waals surface area (Å²) in [5, 5.41) is 137. The van der Waals surface area contributed by atoms with Crippen molar-refractivity contribution in [1.82, 2.24) is 10.6 Å². The molecular weight excluding hydrogens is 1440 g/mol. The van der Waals surface area contributed by atoms with Crippen molar-refractivity contribution in [3.63, 3.8) is 0 Å². The second-order valence-electron chi connectivity index (χ2n) is 33.9. The first-order chi connectivity index (χ1) is 54.9. The van der Waals surface area contributed by atoms with E-state index in [0.29, 0.717) is 12.8 Å². The number of aliphatic hydroxyl groups excluding tert-OH is 11. The normalized spacial score (nSPS) is 25.2. The summed E-state index contributed by atoms with van der Waals surface area (Å²) >= 11 is 0. The number of nitrogens with one attached hydrogen (secondary N) is 2. The fourth-order valence-electron chi connectivity index (χ4n) is 16.4. The lowest BCUT2D eigenvalue weighted by Gasteiger charge is -2.50. The van der Waals surface area contributed by atoms with Crippen LogP contribution in [0.2, 0.25) is 0 Å². The van der Waals surface area contributed by atoms with Gasteiger partial charge in [-0.05, 0) is 19.3 Å². The highest BCUT2D eigenvalue weighted by Crippen LogP contribution is 2.39. The highest BCUT2D eigenvalue weighted by Gasteiger charge is 2.60. The van der Waals surface area contributed by atoms with Crippen LogP contribution < -0.4 is 10.6 Å². The van der Waals surface area contributed by atoms with E-state index in [2.05, 4.69) is 24.5 Å². The van der Waals surface area contributed by atoms with Gasteiger partial charge in [0.25, 0.3) is 5.79 Å². The zero-order valence-electron chi connectivity index (χ0n) is 71.3.